The van der Waals surface area contributed by atoms with E-state index in [4.69, 9.17) is 4.98 Å². The van der Waals surface area contributed by atoms with Crippen LogP contribution in [0.1, 0.15) is 49.8 Å². The Kier molecular flexibility index (Phi) is 4.16. The SMILES string of the molecule is Cn1c(=O)c2c(nc3n(CCc4ccccc4)c(C45CC6CC(CC(C6)C4)C5)cn23)n(C)c1=O. The average molecular weight is 458 g/mol. The zero-order valence-electron chi connectivity index (χ0n) is 19.9. The standard InChI is InChI=1S/C27H31N5O2/c1-29-23-22(24(33)30(2)26(29)34)32-16-21(27-13-18-10-19(14-27)12-20(11-18)15-27)31(25(32)28-23)9-8-17-6-4-3-5-7-17/h3-7,16,18-20H,8-15H2,1-2H3. The predicted octanol–water partition coefficient (Wildman–Crippen LogP) is 3.40. The number of fused-ring (bicyclic) bond motifs is 3. The molecule has 0 spiro atoms. The molecule has 4 bridgehead atoms. The molecule has 0 amide bonds. The summed E-state index contributed by atoms with van der Waals surface area (Å²) in [5.41, 5.74) is 3.19. The Labute approximate surface area is 197 Å². The number of rotatable bonds is 4. The first kappa shape index (κ1) is 20.3. The second kappa shape index (κ2) is 6.96. The van der Waals surface area contributed by atoms with Gasteiger partial charge in [0.15, 0.2) is 11.2 Å². The van der Waals surface area contributed by atoms with Crippen LogP contribution < -0.4 is 11.2 Å². The highest BCUT2D eigenvalue weighted by Crippen LogP contribution is 2.60. The molecule has 0 aliphatic heterocycles. The lowest BCUT2D eigenvalue weighted by molar-refractivity contribution is -0.00872. The van der Waals surface area contributed by atoms with Gasteiger partial charge in [0.05, 0.1) is 0 Å². The van der Waals surface area contributed by atoms with E-state index in [1.165, 1.54) is 58.9 Å². The lowest BCUT2D eigenvalue weighted by Gasteiger charge is -2.56. The third-order valence-electron chi connectivity index (χ3n) is 9.10. The lowest BCUT2D eigenvalue weighted by Crippen LogP contribution is -2.49. The van der Waals surface area contributed by atoms with Gasteiger partial charge in [-0.2, -0.15) is 4.98 Å². The number of aryl methyl sites for hydroxylation is 3. The molecule has 0 N–H and O–H groups in total. The van der Waals surface area contributed by atoms with Crippen LogP contribution in [0.5, 0.6) is 0 Å². The molecule has 3 aromatic heterocycles. The van der Waals surface area contributed by atoms with Crippen LogP contribution in [0.3, 0.4) is 0 Å². The summed E-state index contributed by atoms with van der Waals surface area (Å²) in [5.74, 6) is 3.29. The molecular weight excluding hydrogens is 426 g/mol. The Morgan fingerprint density at radius 1 is 0.941 bits per heavy atom. The highest BCUT2D eigenvalue weighted by Gasteiger charge is 2.53. The smallest absolute Gasteiger partial charge is 0.313 e. The maximum Gasteiger partial charge on any atom is 0.332 e. The Morgan fingerprint density at radius 2 is 1.59 bits per heavy atom. The number of nitrogens with zero attached hydrogens (tertiary/aromatic N) is 5. The third-order valence-corrected chi connectivity index (χ3v) is 9.10. The van der Waals surface area contributed by atoms with Crippen molar-refractivity contribution in [2.75, 3.05) is 0 Å². The van der Waals surface area contributed by atoms with Crippen molar-refractivity contribution in [1.82, 2.24) is 23.1 Å². The Balaban J connectivity index is 1.46. The molecule has 4 fully saturated rings. The van der Waals surface area contributed by atoms with Gasteiger partial charge in [0.25, 0.3) is 5.56 Å². The van der Waals surface area contributed by atoms with E-state index in [2.05, 4.69) is 41.1 Å². The molecule has 4 aromatic rings. The maximum atomic E-state index is 13.2. The van der Waals surface area contributed by atoms with Gasteiger partial charge in [-0.15, -0.1) is 0 Å². The molecule has 176 valence electrons. The van der Waals surface area contributed by atoms with E-state index in [-0.39, 0.29) is 16.7 Å². The Bertz CT molecular complexity index is 1520. The fourth-order valence-electron chi connectivity index (χ4n) is 7.97. The van der Waals surface area contributed by atoms with E-state index in [0.29, 0.717) is 11.2 Å². The number of hydrogen-bond acceptors (Lipinski definition) is 3. The largest absolute Gasteiger partial charge is 0.332 e. The zero-order valence-corrected chi connectivity index (χ0v) is 19.9. The molecule has 4 aliphatic carbocycles. The van der Waals surface area contributed by atoms with Crippen LogP contribution in [0.15, 0.2) is 46.1 Å². The van der Waals surface area contributed by atoms with Crippen molar-refractivity contribution in [1.29, 1.82) is 0 Å². The second-order valence-electron chi connectivity index (χ2n) is 11.3. The Morgan fingerprint density at radius 3 is 2.24 bits per heavy atom. The van der Waals surface area contributed by atoms with Crippen molar-refractivity contribution in [3.63, 3.8) is 0 Å². The highest BCUT2D eigenvalue weighted by atomic mass is 16.2. The average Bonchev–Trinajstić information content (AvgIpc) is 3.37. The Hall–Kier alpha value is -3.09. The summed E-state index contributed by atoms with van der Waals surface area (Å²) in [6.45, 7) is 0.815. The van der Waals surface area contributed by atoms with Crippen LogP contribution in [-0.4, -0.2) is 23.1 Å². The van der Waals surface area contributed by atoms with Crippen molar-refractivity contribution < 1.29 is 0 Å². The van der Waals surface area contributed by atoms with Gasteiger partial charge in [-0.1, -0.05) is 30.3 Å². The minimum Gasteiger partial charge on any atom is -0.313 e. The number of aromatic nitrogens is 5. The lowest BCUT2D eigenvalue weighted by atomic mass is 9.49. The number of imidazole rings is 2. The second-order valence-corrected chi connectivity index (χ2v) is 11.3. The van der Waals surface area contributed by atoms with Gasteiger partial charge in [-0.25, -0.2) is 4.79 Å². The molecule has 4 aliphatic rings. The van der Waals surface area contributed by atoms with Crippen molar-refractivity contribution in [3.05, 3.63) is 68.6 Å². The quantitative estimate of drug-likeness (QED) is 0.472. The van der Waals surface area contributed by atoms with Crippen LogP contribution in [0.4, 0.5) is 0 Å². The molecule has 3 heterocycles. The summed E-state index contributed by atoms with van der Waals surface area (Å²) in [6, 6.07) is 10.6. The molecule has 34 heavy (non-hydrogen) atoms. The van der Waals surface area contributed by atoms with E-state index in [0.717, 1.165) is 36.5 Å². The van der Waals surface area contributed by atoms with Crippen molar-refractivity contribution in [2.45, 2.75) is 56.9 Å². The first-order valence-corrected chi connectivity index (χ1v) is 12.7. The minimum atomic E-state index is -0.338. The topological polar surface area (TPSA) is 66.2 Å². The van der Waals surface area contributed by atoms with Gasteiger partial charge in [0, 0.05) is 37.9 Å². The molecular formula is C27H31N5O2. The predicted molar refractivity (Wildman–Crippen MR) is 131 cm³/mol. The highest BCUT2D eigenvalue weighted by molar-refractivity contribution is 5.75. The summed E-state index contributed by atoms with van der Waals surface area (Å²) in [7, 11) is 3.25. The first-order chi connectivity index (χ1) is 16.4. The van der Waals surface area contributed by atoms with Gasteiger partial charge in [0.1, 0.15) is 0 Å². The van der Waals surface area contributed by atoms with Gasteiger partial charge < -0.3 is 4.57 Å². The van der Waals surface area contributed by atoms with E-state index >= 15 is 0 Å². The fraction of sp³-hybridized carbons (Fsp3) is 0.519. The van der Waals surface area contributed by atoms with Crippen molar-refractivity contribution >= 4 is 16.9 Å². The van der Waals surface area contributed by atoms with Crippen LogP contribution in [0.25, 0.3) is 16.9 Å². The summed E-state index contributed by atoms with van der Waals surface area (Å²) < 4.78 is 7.05. The maximum absolute atomic E-state index is 13.2. The molecule has 7 nitrogen and oxygen atoms in total. The molecule has 0 atom stereocenters. The van der Waals surface area contributed by atoms with Gasteiger partial charge >= 0.3 is 5.69 Å². The van der Waals surface area contributed by atoms with E-state index in [9.17, 15) is 9.59 Å². The summed E-state index contributed by atoms with van der Waals surface area (Å²) in [4.78, 5) is 30.7. The summed E-state index contributed by atoms with van der Waals surface area (Å²) in [6.07, 6.45) is 11.1. The minimum absolute atomic E-state index is 0.185. The molecule has 1 aromatic carbocycles. The van der Waals surface area contributed by atoms with Gasteiger partial charge in [-0.3, -0.25) is 18.3 Å². The monoisotopic (exact) mass is 457 g/mol. The summed E-state index contributed by atoms with van der Waals surface area (Å²) in [5, 5.41) is 0. The normalized spacial score (nSPS) is 27.9. The van der Waals surface area contributed by atoms with Crippen molar-refractivity contribution in [3.8, 4) is 0 Å². The third kappa shape index (κ3) is 2.72. The first-order valence-electron chi connectivity index (χ1n) is 12.7. The molecule has 8 rings (SSSR count). The van der Waals surface area contributed by atoms with Crippen LogP contribution in [0.2, 0.25) is 0 Å². The zero-order chi connectivity index (χ0) is 23.2. The number of hydrogen-bond donors (Lipinski definition) is 0. The molecule has 0 saturated heterocycles. The van der Waals surface area contributed by atoms with Gasteiger partial charge in [0.2, 0.25) is 5.78 Å². The molecule has 7 heteroatoms. The molecule has 0 radical (unpaired) electrons. The van der Waals surface area contributed by atoms with E-state index < -0.39 is 0 Å². The number of benzene rings is 1. The van der Waals surface area contributed by atoms with Crippen molar-refractivity contribution in [2.24, 2.45) is 31.8 Å². The molecule has 0 unspecified atom stereocenters. The fourth-order valence-corrected chi connectivity index (χ4v) is 7.97. The van der Waals surface area contributed by atoms with E-state index in [1.54, 1.807) is 14.1 Å². The van der Waals surface area contributed by atoms with Crippen LogP contribution in [-0.2, 0) is 32.5 Å². The van der Waals surface area contributed by atoms with Crippen LogP contribution >= 0.6 is 0 Å². The van der Waals surface area contributed by atoms with E-state index in [1.807, 2.05) is 4.40 Å². The van der Waals surface area contributed by atoms with Crippen LogP contribution in [0, 0.1) is 17.8 Å². The van der Waals surface area contributed by atoms with Gasteiger partial charge in [-0.05, 0) is 68.3 Å². The summed E-state index contributed by atoms with van der Waals surface area (Å²) >= 11 is 0. The molecule has 4 saturated carbocycles.